The number of rotatable bonds is 3. The second kappa shape index (κ2) is 5.35. The Morgan fingerprint density at radius 2 is 2.29 bits per heavy atom. The lowest BCUT2D eigenvalue weighted by Crippen LogP contribution is -2.40. The van der Waals surface area contributed by atoms with Crippen LogP contribution < -0.4 is 0 Å². The van der Waals surface area contributed by atoms with Crippen LogP contribution >= 0.6 is 0 Å². The maximum absolute atomic E-state index is 11.3. The van der Waals surface area contributed by atoms with E-state index in [-0.39, 0.29) is 11.9 Å². The third kappa shape index (κ3) is 3.29. The van der Waals surface area contributed by atoms with Crippen molar-refractivity contribution in [2.75, 3.05) is 26.7 Å². The first kappa shape index (κ1) is 11.5. The summed E-state index contributed by atoms with van der Waals surface area (Å²) in [6.45, 7) is 7.52. The van der Waals surface area contributed by atoms with Crippen LogP contribution in [0.15, 0.2) is 0 Å². The van der Waals surface area contributed by atoms with Crippen LogP contribution in [0.4, 0.5) is 0 Å². The highest BCUT2D eigenvalue weighted by Crippen LogP contribution is 2.18. The molecule has 0 aliphatic carbocycles. The third-order valence-corrected chi connectivity index (χ3v) is 2.66. The van der Waals surface area contributed by atoms with E-state index in [1.165, 1.54) is 7.11 Å². The molecule has 3 heteroatoms. The van der Waals surface area contributed by atoms with Gasteiger partial charge in [0.05, 0.1) is 13.0 Å². The Kier molecular flexibility index (Phi) is 4.39. The molecule has 0 bridgehead atoms. The van der Waals surface area contributed by atoms with Gasteiger partial charge >= 0.3 is 5.97 Å². The summed E-state index contributed by atoms with van der Waals surface area (Å²) in [4.78, 5) is 13.7. The molecule has 1 heterocycles. The number of nitrogens with zero attached hydrogens (tertiary/aromatic N) is 1. The van der Waals surface area contributed by atoms with Crippen LogP contribution in [0, 0.1) is 11.8 Å². The van der Waals surface area contributed by atoms with Crippen molar-refractivity contribution < 1.29 is 9.53 Å². The normalized spacial score (nSPS) is 23.9. The Bertz CT molecular complexity index is 192. The summed E-state index contributed by atoms with van der Waals surface area (Å²) >= 11 is 0. The first-order valence-electron chi connectivity index (χ1n) is 5.43. The van der Waals surface area contributed by atoms with Crippen LogP contribution in [0.25, 0.3) is 0 Å². The topological polar surface area (TPSA) is 29.5 Å². The fourth-order valence-electron chi connectivity index (χ4n) is 2.10. The Balaban J connectivity index is 2.39. The van der Waals surface area contributed by atoms with Gasteiger partial charge in [-0.1, -0.05) is 13.8 Å². The van der Waals surface area contributed by atoms with Gasteiger partial charge in [0.15, 0.2) is 0 Å². The van der Waals surface area contributed by atoms with Gasteiger partial charge in [-0.25, -0.2) is 0 Å². The summed E-state index contributed by atoms with van der Waals surface area (Å²) in [5, 5.41) is 0. The van der Waals surface area contributed by atoms with Crippen molar-refractivity contribution >= 4 is 5.97 Å². The zero-order valence-corrected chi connectivity index (χ0v) is 9.45. The van der Waals surface area contributed by atoms with E-state index in [0.717, 1.165) is 32.5 Å². The highest BCUT2D eigenvalue weighted by molar-refractivity contribution is 5.72. The fourth-order valence-corrected chi connectivity index (χ4v) is 2.10. The van der Waals surface area contributed by atoms with E-state index in [2.05, 4.69) is 18.7 Å². The zero-order valence-electron chi connectivity index (χ0n) is 9.45. The van der Waals surface area contributed by atoms with Crippen LogP contribution in [-0.2, 0) is 9.53 Å². The van der Waals surface area contributed by atoms with Crippen LogP contribution in [0.1, 0.15) is 26.7 Å². The molecular weight excluding hydrogens is 178 g/mol. The monoisotopic (exact) mass is 199 g/mol. The summed E-state index contributed by atoms with van der Waals surface area (Å²) in [6, 6.07) is 0. The molecule has 0 aromatic carbocycles. The Morgan fingerprint density at radius 1 is 1.57 bits per heavy atom. The molecule has 0 unspecified atom stereocenters. The van der Waals surface area contributed by atoms with E-state index in [4.69, 9.17) is 4.74 Å². The largest absolute Gasteiger partial charge is 0.469 e. The van der Waals surface area contributed by atoms with Crippen LogP contribution in [0.3, 0.4) is 0 Å². The highest BCUT2D eigenvalue weighted by atomic mass is 16.5. The molecule has 3 nitrogen and oxygen atoms in total. The summed E-state index contributed by atoms with van der Waals surface area (Å²) < 4.78 is 4.78. The molecule has 0 saturated carbocycles. The molecule has 82 valence electrons. The van der Waals surface area contributed by atoms with Gasteiger partial charge in [-0.2, -0.15) is 0 Å². The minimum Gasteiger partial charge on any atom is -0.469 e. The number of hydrogen-bond acceptors (Lipinski definition) is 3. The van der Waals surface area contributed by atoms with Gasteiger partial charge in [-0.15, -0.1) is 0 Å². The molecule has 0 amide bonds. The maximum atomic E-state index is 11.3. The quantitative estimate of drug-likeness (QED) is 0.646. The predicted molar refractivity (Wildman–Crippen MR) is 56.0 cm³/mol. The lowest BCUT2D eigenvalue weighted by Gasteiger charge is -2.32. The second-order valence-electron chi connectivity index (χ2n) is 4.52. The smallest absolute Gasteiger partial charge is 0.309 e. The molecule has 0 aromatic rings. The minimum absolute atomic E-state index is 0.0431. The van der Waals surface area contributed by atoms with Crippen molar-refractivity contribution in [2.24, 2.45) is 11.8 Å². The first-order chi connectivity index (χ1) is 6.63. The van der Waals surface area contributed by atoms with E-state index in [9.17, 15) is 4.79 Å². The average molecular weight is 199 g/mol. The number of hydrogen-bond donors (Lipinski definition) is 0. The molecule has 1 aliphatic heterocycles. The summed E-state index contributed by atoms with van der Waals surface area (Å²) in [5.74, 6) is 0.734. The minimum atomic E-state index is -0.0431. The molecular formula is C11H21NO2. The van der Waals surface area contributed by atoms with Gasteiger partial charge in [0.25, 0.3) is 0 Å². The predicted octanol–water partition coefficient (Wildman–Crippen LogP) is 1.53. The van der Waals surface area contributed by atoms with Crippen LogP contribution in [0.2, 0.25) is 0 Å². The number of methoxy groups -OCH3 is 1. The van der Waals surface area contributed by atoms with E-state index >= 15 is 0 Å². The van der Waals surface area contributed by atoms with Crippen LogP contribution in [0.5, 0.6) is 0 Å². The molecule has 1 rings (SSSR count). The van der Waals surface area contributed by atoms with Crippen molar-refractivity contribution in [3.63, 3.8) is 0 Å². The molecule has 14 heavy (non-hydrogen) atoms. The van der Waals surface area contributed by atoms with Crippen molar-refractivity contribution in [3.05, 3.63) is 0 Å². The molecule has 0 spiro atoms. The van der Waals surface area contributed by atoms with Crippen molar-refractivity contribution in [1.82, 2.24) is 4.90 Å². The molecule has 1 fully saturated rings. The summed E-state index contributed by atoms with van der Waals surface area (Å²) in [5.41, 5.74) is 0. The molecule has 1 aliphatic rings. The number of likely N-dealkylation sites (tertiary alicyclic amines) is 1. The molecule has 0 N–H and O–H groups in total. The maximum Gasteiger partial charge on any atom is 0.309 e. The molecule has 1 saturated heterocycles. The average Bonchev–Trinajstić information content (AvgIpc) is 2.16. The van der Waals surface area contributed by atoms with Crippen molar-refractivity contribution in [2.45, 2.75) is 26.7 Å². The molecule has 1 atom stereocenters. The SMILES string of the molecule is COC(=O)[C@H]1CCCN(CC(C)C)C1. The van der Waals surface area contributed by atoms with Crippen molar-refractivity contribution in [3.8, 4) is 0 Å². The van der Waals surface area contributed by atoms with E-state index in [0.29, 0.717) is 5.92 Å². The van der Waals surface area contributed by atoms with Crippen LogP contribution in [-0.4, -0.2) is 37.6 Å². The van der Waals surface area contributed by atoms with E-state index < -0.39 is 0 Å². The number of piperidine rings is 1. The van der Waals surface area contributed by atoms with Gasteiger partial charge in [0, 0.05) is 13.1 Å². The highest BCUT2D eigenvalue weighted by Gasteiger charge is 2.26. The number of esters is 1. The fraction of sp³-hybridized carbons (Fsp3) is 0.909. The van der Waals surface area contributed by atoms with Gasteiger partial charge in [0.1, 0.15) is 0 Å². The van der Waals surface area contributed by atoms with Gasteiger partial charge < -0.3 is 9.64 Å². The van der Waals surface area contributed by atoms with Crippen molar-refractivity contribution in [1.29, 1.82) is 0 Å². The Labute approximate surface area is 86.4 Å². The van der Waals surface area contributed by atoms with E-state index in [1.54, 1.807) is 0 Å². The first-order valence-corrected chi connectivity index (χ1v) is 5.43. The summed E-state index contributed by atoms with van der Waals surface area (Å²) in [7, 11) is 1.48. The van der Waals surface area contributed by atoms with E-state index in [1.807, 2.05) is 0 Å². The zero-order chi connectivity index (χ0) is 10.6. The number of carbonyl (C=O) groups excluding carboxylic acids is 1. The van der Waals surface area contributed by atoms with Gasteiger partial charge in [-0.05, 0) is 25.3 Å². The lowest BCUT2D eigenvalue weighted by molar-refractivity contribution is -0.147. The van der Waals surface area contributed by atoms with Gasteiger partial charge in [0.2, 0.25) is 0 Å². The molecule has 0 aromatic heterocycles. The third-order valence-electron chi connectivity index (χ3n) is 2.66. The standard InChI is InChI=1S/C11H21NO2/c1-9(2)7-12-6-4-5-10(8-12)11(13)14-3/h9-10H,4-8H2,1-3H3/t10-/m0/s1. The summed E-state index contributed by atoms with van der Waals surface area (Å²) in [6.07, 6.45) is 2.10. The van der Waals surface area contributed by atoms with Gasteiger partial charge in [-0.3, -0.25) is 4.79 Å². The second-order valence-corrected chi connectivity index (χ2v) is 4.52. The Morgan fingerprint density at radius 3 is 2.86 bits per heavy atom. The number of carbonyl (C=O) groups is 1. The number of ether oxygens (including phenoxy) is 1. The molecule has 0 radical (unpaired) electrons. The Hall–Kier alpha value is -0.570. The lowest BCUT2D eigenvalue weighted by atomic mass is 9.97.